The van der Waals surface area contributed by atoms with E-state index in [0.717, 1.165) is 51.0 Å². The SMILES string of the molecule is CCOC(=O)C1NNCC1CN1CCCC(CCC(=O)NCc2ccccc2Cl)C1. The van der Waals surface area contributed by atoms with Crippen LogP contribution < -0.4 is 16.2 Å². The number of piperidine rings is 1. The Labute approximate surface area is 183 Å². The van der Waals surface area contributed by atoms with Crippen molar-refractivity contribution in [2.24, 2.45) is 11.8 Å². The van der Waals surface area contributed by atoms with E-state index in [2.05, 4.69) is 21.1 Å². The number of rotatable bonds is 9. The molecule has 0 aromatic heterocycles. The van der Waals surface area contributed by atoms with Gasteiger partial charge in [-0.2, -0.15) is 0 Å². The van der Waals surface area contributed by atoms with Crippen LogP contribution in [0.25, 0.3) is 0 Å². The van der Waals surface area contributed by atoms with Gasteiger partial charge in [-0.15, -0.1) is 0 Å². The molecule has 2 fully saturated rings. The second-order valence-electron chi connectivity index (χ2n) is 8.19. The molecule has 2 saturated heterocycles. The van der Waals surface area contributed by atoms with Gasteiger partial charge in [0.1, 0.15) is 6.04 Å². The first-order chi connectivity index (χ1) is 14.6. The summed E-state index contributed by atoms with van der Waals surface area (Å²) in [6, 6.07) is 7.28. The first kappa shape index (κ1) is 23.0. The maximum atomic E-state index is 12.3. The minimum Gasteiger partial charge on any atom is -0.465 e. The van der Waals surface area contributed by atoms with Crippen LogP contribution in [0.15, 0.2) is 24.3 Å². The molecule has 2 aliphatic rings. The first-order valence-electron chi connectivity index (χ1n) is 10.9. The molecule has 7 nitrogen and oxygen atoms in total. The van der Waals surface area contributed by atoms with Crippen LogP contribution in [0.3, 0.4) is 0 Å². The summed E-state index contributed by atoms with van der Waals surface area (Å²) in [5, 5.41) is 3.65. The Morgan fingerprint density at radius 1 is 1.33 bits per heavy atom. The highest BCUT2D eigenvalue weighted by molar-refractivity contribution is 6.31. The molecule has 1 aromatic rings. The van der Waals surface area contributed by atoms with Crippen molar-refractivity contribution in [2.75, 3.05) is 32.8 Å². The summed E-state index contributed by atoms with van der Waals surface area (Å²) in [4.78, 5) is 26.8. The minimum atomic E-state index is -0.291. The molecule has 8 heteroatoms. The van der Waals surface area contributed by atoms with Crippen LogP contribution in [0.4, 0.5) is 0 Å². The lowest BCUT2D eigenvalue weighted by Gasteiger charge is -2.34. The molecule has 3 atom stereocenters. The second kappa shape index (κ2) is 11.6. The quantitative estimate of drug-likeness (QED) is 0.514. The highest BCUT2D eigenvalue weighted by atomic mass is 35.5. The van der Waals surface area contributed by atoms with Gasteiger partial charge in [-0.05, 0) is 50.3 Å². The molecule has 1 aromatic carbocycles. The van der Waals surface area contributed by atoms with Gasteiger partial charge < -0.3 is 15.0 Å². The Hall–Kier alpha value is -1.67. The van der Waals surface area contributed by atoms with Crippen LogP contribution in [0.5, 0.6) is 0 Å². The highest BCUT2D eigenvalue weighted by Crippen LogP contribution is 2.23. The molecule has 0 spiro atoms. The topological polar surface area (TPSA) is 82.7 Å². The maximum absolute atomic E-state index is 12.3. The summed E-state index contributed by atoms with van der Waals surface area (Å²) < 4.78 is 5.18. The average molecular weight is 437 g/mol. The summed E-state index contributed by atoms with van der Waals surface area (Å²) in [5.74, 6) is 0.588. The maximum Gasteiger partial charge on any atom is 0.324 e. The van der Waals surface area contributed by atoms with E-state index in [1.165, 1.54) is 0 Å². The molecule has 3 unspecified atom stereocenters. The molecule has 2 aliphatic heterocycles. The van der Waals surface area contributed by atoms with Crippen LogP contribution in [0.2, 0.25) is 5.02 Å². The number of halogens is 1. The zero-order valence-electron chi connectivity index (χ0n) is 17.7. The molecule has 0 radical (unpaired) electrons. The summed E-state index contributed by atoms with van der Waals surface area (Å²) in [6.07, 6.45) is 3.69. The summed E-state index contributed by atoms with van der Waals surface area (Å²) in [6.45, 7) is 6.33. The number of nitrogens with zero attached hydrogens (tertiary/aromatic N) is 1. The van der Waals surface area contributed by atoms with Gasteiger partial charge in [-0.3, -0.25) is 15.0 Å². The number of likely N-dealkylation sites (tertiary alicyclic amines) is 1. The Balaban J connectivity index is 1.40. The van der Waals surface area contributed by atoms with E-state index >= 15 is 0 Å². The standard InChI is InChI=1S/C22H33ClN4O3/c1-2-30-22(29)21-18(13-25-26-21)15-27-11-5-6-16(14-27)9-10-20(28)24-12-17-7-3-4-8-19(17)23/h3-4,7-8,16,18,21,25-26H,2,5-6,9-15H2,1H3,(H,24,28). The van der Waals surface area contributed by atoms with Crippen LogP contribution in [-0.4, -0.2) is 55.6 Å². The van der Waals surface area contributed by atoms with Crippen LogP contribution in [0, 0.1) is 11.8 Å². The molecule has 0 bridgehead atoms. The van der Waals surface area contributed by atoms with E-state index in [-0.39, 0.29) is 23.8 Å². The van der Waals surface area contributed by atoms with E-state index in [9.17, 15) is 9.59 Å². The molecular formula is C22H33ClN4O3. The molecular weight excluding hydrogens is 404 g/mol. The number of hydrazine groups is 1. The first-order valence-corrected chi connectivity index (χ1v) is 11.3. The molecule has 0 saturated carbocycles. The molecule has 1 amide bonds. The van der Waals surface area contributed by atoms with E-state index in [4.69, 9.17) is 16.3 Å². The lowest BCUT2D eigenvalue weighted by atomic mass is 9.91. The number of carbonyl (C=O) groups excluding carboxylic acids is 2. The third kappa shape index (κ3) is 6.67. The van der Waals surface area contributed by atoms with E-state index in [1.807, 2.05) is 31.2 Å². The van der Waals surface area contributed by atoms with Crippen molar-refractivity contribution in [1.29, 1.82) is 0 Å². The summed E-state index contributed by atoms with van der Waals surface area (Å²) in [7, 11) is 0. The molecule has 2 heterocycles. The van der Waals surface area contributed by atoms with Gasteiger partial charge in [-0.25, -0.2) is 5.43 Å². The van der Waals surface area contributed by atoms with E-state index in [0.29, 0.717) is 30.5 Å². The van der Waals surface area contributed by atoms with E-state index in [1.54, 1.807) is 0 Å². The number of amides is 1. The Morgan fingerprint density at radius 2 is 2.17 bits per heavy atom. The van der Waals surface area contributed by atoms with Crippen molar-refractivity contribution in [3.05, 3.63) is 34.9 Å². The number of nitrogens with one attached hydrogen (secondary N) is 3. The Morgan fingerprint density at radius 3 is 2.97 bits per heavy atom. The van der Waals surface area contributed by atoms with Crippen molar-refractivity contribution in [3.63, 3.8) is 0 Å². The van der Waals surface area contributed by atoms with Gasteiger partial charge >= 0.3 is 5.97 Å². The number of ether oxygens (including phenoxy) is 1. The third-order valence-corrected chi connectivity index (χ3v) is 6.31. The summed E-state index contributed by atoms with van der Waals surface area (Å²) >= 11 is 6.14. The van der Waals surface area contributed by atoms with Crippen molar-refractivity contribution in [2.45, 2.75) is 45.2 Å². The highest BCUT2D eigenvalue weighted by Gasteiger charge is 2.35. The number of hydrogen-bond acceptors (Lipinski definition) is 6. The number of esters is 1. The average Bonchev–Trinajstić information content (AvgIpc) is 3.20. The van der Waals surface area contributed by atoms with Gasteiger partial charge in [0.15, 0.2) is 0 Å². The van der Waals surface area contributed by atoms with Crippen molar-refractivity contribution < 1.29 is 14.3 Å². The third-order valence-electron chi connectivity index (χ3n) is 5.94. The van der Waals surface area contributed by atoms with Gasteiger partial charge in [-0.1, -0.05) is 29.8 Å². The van der Waals surface area contributed by atoms with Crippen LogP contribution >= 0.6 is 11.6 Å². The fraction of sp³-hybridized carbons (Fsp3) is 0.636. The molecule has 3 rings (SSSR count). The van der Waals surface area contributed by atoms with Gasteiger partial charge in [0, 0.05) is 43.5 Å². The number of carbonyl (C=O) groups is 2. The normalized spacial score (nSPS) is 24.5. The zero-order valence-corrected chi connectivity index (χ0v) is 18.4. The Kier molecular flexibility index (Phi) is 8.93. The van der Waals surface area contributed by atoms with Crippen molar-refractivity contribution in [3.8, 4) is 0 Å². The van der Waals surface area contributed by atoms with Gasteiger partial charge in [0.25, 0.3) is 0 Å². The zero-order chi connectivity index (χ0) is 21.3. The van der Waals surface area contributed by atoms with Gasteiger partial charge in [0.05, 0.1) is 6.61 Å². The molecule has 30 heavy (non-hydrogen) atoms. The molecule has 166 valence electrons. The minimum absolute atomic E-state index is 0.0682. The molecule has 0 aliphatic carbocycles. The number of benzene rings is 1. The monoisotopic (exact) mass is 436 g/mol. The largest absolute Gasteiger partial charge is 0.465 e. The van der Waals surface area contributed by atoms with Crippen LogP contribution in [0.1, 0.15) is 38.2 Å². The van der Waals surface area contributed by atoms with Crippen molar-refractivity contribution >= 4 is 23.5 Å². The van der Waals surface area contributed by atoms with Crippen molar-refractivity contribution in [1.82, 2.24) is 21.1 Å². The number of hydrogen-bond donors (Lipinski definition) is 3. The summed E-state index contributed by atoms with van der Waals surface area (Å²) in [5.41, 5.74) is 7.08. The predicted octanol–water partition coefficient (Wildman–Crippen LogP) is 2.10. The van der Waals surface area contributed by atoms with Crippen LogP contribution in [-0.2, 0) is 20.9 Å². The van der Waals surface area contributed by atoms with Gasteiger partial charge in [0.2, 0.25) is 5.91 Å². The smallest absolute Gasteiger partial charge is 0.324 e. The predicted molar refractivity (Wildman–Crippen MR) is 117 cm³/mol. The molecule has 3 N–H and O–H groups in total. The fourth-order valence-corrected chi connectivity index (χ4v) is 4.54. The Bertz CT molecular complexity index is 717. The lowest BCUT2D eigenvalue weighted by molar-refractivity contribution is -0.146. The fourth-order valence-electron chi connectivity index (χ4n) is 4.33. The van der Waals surface area contributed by atoms with E-state index < -0.39 is 0 Å². The second-order valence-corrected chi connectivity index (χ2v) is 8.60. The lowest BCUT2D eigenvalue weighted by Crippen LogP contribution is -2.45.